The van der Waals surface area contributed by atoms with Gasteiger partial charge in [0.05, 0.1) is 18.2 Å². The molecule has 0 saturated carbocycles. The molecule has 3 heterocycles. The second kappa shape index (κ2) is 3.33. The third-order valence-electron chi connectivity index (χ3n) is 3.43. The van der Waals surface area contributed by atoms with Gasteiger partial charge in [-0.25, -0.2) is 0 Å². The number of piperidine rings is 1. The molecule has 2 aliphatic heterocycles. The van der Waals surface area contributed by atoms with E-state index in [0.717, 1.165) is 25.1 Å². The van der Waals surface area contributed by atoms with Gasteiger partial charge in [-0.3, -0.25) is 9.78 Å². The highest BCUT2D eigenvalue weighted by atomic mass is 16.2. The molecule has 1 saturated heterocycles. The molecule has 1 aromatic heterocycles. The van der Waals surface area contributed by atoms with Crippen molar-refractivity contribution in [3.8, 4) is 0 Å². The monoisotopic (exact) mass is 202 g/mol. The van der Waals surface area contributed by atoms with Crippen LogP contribution in [0.5, 0.6) is 0 Å². The number of fused-ring (bicyclic) bond motifs is 3. The van der Waals surface area contributed by atoms with E-state index in [1.807, 2.05) is 11.0 Å². The topological polar surface area (TPSA) is 33.2 Å². The van der Waals surface area contributed by atoms with Crippen molar-refractivity contribution in [2.45, 2.75) is 31.7 Å². The average molecular weight is 202 g/mol. The van der Waals surface area contributed by atoms with E-state index in [2.05, 4.69) is 11.1 Å². The molecular formula is C12H14N2O. The number of rotatable bonds is 0. The van der Waals surface area contributed by atoms with Crippen LogP contribution in [-0.2, 0) is 11.2 Å². The lowest BCUT2D eigenvalue weighted by atomic mass is 9.89. The summed E-state index contributed by atoms with van der Waals surface area (Å²) in [5.74, 6) is 0.255. The summed E-state index contributed by atoms with van der Waals surface area (Å²) < 4.78 is 0. The van der Waals surface area contributed by atoms with E-state index in [9.17, 15) is 4.79 Å². The maximum atomic E-state index is 11.9. The summed E-state index contributed by atoms with van der Waals surface area (Å²) in [6, 6.07) is 4.41. The van der Waals surface area contributed by atoms with E-state index in [4.69, 9.17) is 0 Å². The van der Waals surface area contributed by atoms with Gasteiger partial charge in [-0.1, -0.05) is 6.07 Å². The molecule has 1 aromatic rings. The molecule has 0 spiro atoms. The lowest BCUT2D eigenvalue weighted by Crippen LogP contribution is -2.43. The fourth-order valence-electron chi connectivity index (χ4n) is 2.70. The Balaban J connectivity index is 2.06. The molecule has 1 amide bonds. The van der Waals surface area contributed by atoms with E-state index >= 15 is 0 Å². The number of amides is 1. The minimum Gasteiger partial charge on any atom is -0.335 e. The number of hydrogen-bond acceptors (Lipinski definition) is 2. The second-order valence-electron chi connectivity index (χ2n) is 4.31. The minimum atomic E-state index is 0.255. The Labute approximate surface area is 89.1 Å². The Kier molecular flexibility index (Phi) is 1.97. The van der Waals surface area contributed by atoms with Crippen LogP contribution >= 0.6 is 0 Å². The Bertz CT molecular complexity index is 402. The molecule has 3 heteroatoms. The van der Waals surface area contributed by atoms with Crippen molar-refractivity contribution in [2.24, 2.45) is 0 Å². The first-order valence-electron chi connectivity index (χ1n) is 5.59. The van der Waals surface area contributed by atoms with Gasteiger partial charge in [-0.15, -0.1) is 0 Å². The summed E-state index contributed by atoms with van der Waals surface area (Å²) in [6.07, 6.45) is 5.75. The molecule has 0 N–H and O–H groups in total. The number of hydrogen-bond donors (Lipinski definition) is 0. The molecule has 15 heavy (non-hydrogen) atoms. The molecule has 1 unspecified atom stereocenters. The van der Waals surface area contributed by atoms with Crippen molar-refractivity contribution < 1.29 is 4.79 Å². The predicted molar refractivity (Wildman–Crippen MR) is 56.2 cm³/mol. The van der Waals surface area contributed by atoms with Crippen LogP contribution in [-0.4, -0.2) is 22.3 Å². The molecule has 0 radical (unpaired) electrons. The summed E-state index contributed by atoms with van der Waals surface area (Å²) in [6.45, 7) is 0.928. The van der Waals surface area contributed by atoms with Crippen LogP contribution in [0.25, 0.3) is 0 Å². The minimum absolute atomic E-state index is 0.255. The van der Waals surface area contributed by atoms with Crippen molar-refractivity contribution in [3.05, 3.63) is 29.6 Å². The number of carbonyl (C=O) groups is 1. The lowest BCUT2D eigenvalue weighted by Gasteiger charge is -2.39. The van der Waals surface area contributed by atoms with Gasteiger partial charge in [0, 0.05) is 12.7 Å². The van der Waals surface area contributed by atoms with Gasteiger partial charge < -0.3 is 4.90 Å². The fraction of sp³-hybridized carbons (Fsp3) is 0.500. The number of aromatic nitrogens is 1. The fourth-order valence-corrected chi connectivity index (χ4v) is 2.70. The Morgan fingerprint density at radius 3 is 3.27 bits per heavy atom. The van der Waals surface area contributed by atoms with Crippen molar-refractivity contribution in [1.82, 2.24) is 9.88 Å². The third-order valence-corrected chi connectivity index (χ3v) is 3.43. The standard InChI is InChI=1S/C12H14N2O/c15-12-8-10-9(4-3-6-13-10)11-5-1-2-7-14(11)12/h3-4,6,11H,1-2,5,7-8H2. The molecule has 78 valence electrons. The Morgan fingerprint density at radius 1 is 1.40 bits per heavy atom. The zero-order valence-electron chi connectivity index (χ0n) is 8.65. The van der Waals surface area contributed by atoms with Gasteiger partial charge in [0.1, 0.15) is 0 Å². The van der Waals surface area contributed by atoms with E-state index in [0.29, 0.717) is 12.5 Å². The summed E-state index contributed by atoms with van der Waals surface area (Å²) in [5, 5.41) is 0. The highest BCUT2D eigenvalue weighted by Crippen LogP contribution is 2.35. The quantitative estimate of drug-likeness (QED) is 0.641. The zero-order valence-corrected chi connectivity index (χ0v) is 8.65. The molecule has 1 atom stereocenters. The zero-order chi connectivity index (χ0) is 10.3. The summed E-state index contributed by atoms with van der Waals surface area (Å²) in [7, 11) is 0. The van der Waals surface area contributed by atoms with Crippen molar-refractivity contribution >= 4 is 5.91 Å². The average Bonchev–Trinajstić information content (AvgIpc) is 2.30. The van der Waals surface area contributed by atoms with Gasteiger partial charge in [0.15, 0.2) is 0 Å². The van der Waals surface area contributed by atoms with Crippen molar-refractivity contribution in [3.63, 3.8) is 0 Å². The molecule has 0 aromatic carbocycles. The maximum Gasteiger partial charge on any atom is 0.229 e. The molecule has 1 fully saturated rings. The van der Waals surface area contributed by atoms with Crippen LogP contribution in [0.3, 0.4) is 0 Å². The number of nitrogens with zero attached hydrogens (tertiary/aromatic N) is 2. The van der Waals surface area contributed by atoms with Crippen LogP contribution in [0.1, 0.15) is 36.6 Å². The van der Waals surface area contributed by atoms with Crippen molar-refractivity contribution in [2.75, 3.05) is 6.54 Å². The molecule has 3 rings (SSSR count). The van der Waals surface area contributed by atoms with E-state index in [-0.39, 0.29) is 5.91 Å². The van der Waals surface area contributed by atoms with E-state index < -0.39 is 0 Å². The molecule has 0 aliphatic carbocycles. The normalized spacial score (nSPS) is 24.7. The van der Waals surface area contributed by atoms with Crippen molar-refractivity contribution in [1.29, 1.82) is 0 Å². The van der Waals surface area contributed by atoms with Gasteiger partial charge >= 0.3 is 0 Å². The molecule has 3 nitrogen and oxygen atoms in total. The molecule has 0 bridgehead atoms. The first-order valence-corrected chi connectivity index (χ1v) is 5.59. The first-order chi connectivity index (χ1) is 7.36. The van der Waals surface area contributed by atoms with E-state index in [1.165, 1.54) is 12.0 Å². The maximum absolute atomic E-state index is 11.9. The van der Waals surface area contributed by atoms with Crippen LogP contribution < -0.4 is 0 Å². The van der Waals surface area contributed by atoms with Crippen LogP contribution in [0, 0.1) is 0 Å². The molecular weight excluding hydrogens is 188 g/mol. The Morgan fingerprint density at radius 2 is 2.33 bits per heavy atom. The molecule has 2 aliphatic rings. The van der Waals surface area contributed by atoms with Crippen LogP contribution in [0.15, 0.2) is 18.3 Å². The van der Waals surface area contributed by atoms with Gasteiger partial charge in [-0.2, -0.15) is 0 Å². The van der Waals surface area contributed by atoms with E-state index in [1.54, 1.807) is 6.20 Å². The number of carbonyl (C=O) groups excluding carboxylic acids is 1. The predicted octanol–water partition coefficient (Wildman–Crippen LogP) is 1.69. The largest absolute Gasteiger partial charge is 0.335 e. The lowest BCUT2D eigenvalue weighted by molar-refractivity contribution is -0.135. The summed E-state index contributed by atoms with van der Waals surface area (Å²) in [5.41, 5.74) is 2.27. The van der Waals surface area contributed by atoms with Gasteiger partial charge in [-0.05, 0) is 30.9 Å². The first kappa shape index (κ1) is 8.89. The summed E-state index contributed by atoms with van der Waals surface area (Å²) >= 11 is 0. The van der Waals surface area contributed by atoms with Crippen LogP contribution in [0.4, 0.5) is 0 Å². The highest BCUT2D eigenvalue weighted by Gasteiger charge is 2.34. The SMILES string of the molecule is O=C1Cc2ncccc2C2CCCCN12. The summed E-state index contributed by atoms with van der Waals surface area (Å²) in [4.78, 5) is 18.2. The van der Waals surface area contributed by atoms with Gasteiger partial charge in [0.2, 0.25) is 5.91 Å². The smallest absolute Gasteiger partial charge is 0.229 e. The highest BCUT2D eigenvalue weighted by molar-refractivity contribution is 5.81. The Hall–Kier alpha value is -1.38. The number of pyridine rings is 1. The second-order valence-corrected chi connectivity index (χ2v) is 4.31. The third kappa shape index (κ3) is 1.34. The van der Waals surface area contributed by atoms with Crippen LogP contribution in [0.2, 0.25) is 0 Å². The van der Waals surface area contributed by atoms with Gasteiger partial charge in [0.25, 0.3) is 0 Å².